The number of hydrogen-bond acceptors (Lipinski definition) is 5. The van der Waals surface area contributed by atoms with Gasteiger partial charge in [0, 0.05) is 33.2 Å². The van der Waals surface area contributed by atoms with E-state index in [2.05, 4.69) is 53.4 Å². The van der Waals surface area contributed by atoms with Crippen LogP contribution >= 0.6 is 24.0 Å². The molecule has 2 N–H and O–H groups in total. The molecule has 1 saturated heterocycles. The van der Waals surface area contributed by atoms with Crippen molar-refractivity contribution in [3.8, 4) is 5.75 Å². The molecular weight excluding hydrogens is 503 g/mol. The van der Waals surface area contributed by atoms with Crippen LogP contribution in [0.2, 0.25) is 0 Å². The van der Waals surface area contributed by atoms with Crippen LogP contribution in [0, 0.1) is 5.92 Å². The van der Waals surface area contributed by atoms with Crippen molar-refractivity contribution in [3.05, 3.63) is 29.8 Å². The second-order valence-corrected chi connectivity index (χ2v) is 9.94. The number of guanidine groups is 1. The van der Waals surface area contributed by atoms with Gasteiger partial charge in [0.15, 0.2) is 15.8 Å². The first-order valence-corrected chi connectivity index (χ1v) is 11.7. The average molecular weight is 538 g/mol. The molecular formula is C20H35IN4O3S. The smallest absolute Gasteiger partial charge is 0.191 e. The zero-order valence-corrected chi connectivity index (χ0v) is 21.0. The summed E-state index contributed by atoms with van der Waals surface area (Å²) in [6.45, 7) is 9.80. The van der Waals surface area contributed by atoms with Crippen LogP contribution < -0.4 is 15.4 Å². The molecule has 0 bridgehead atoms. The second-order valence-electron chi connectivity index (χ2n) is 7.63. The van der Waals surface area contributed by atoms with Crippen LogP contribution in [-0.2, 0) is 9.84 Å². The number of sulfone groups is 1. The molecule has 29 heavy (non-hydrogen) atoms. The van der Waals surface area contributed by atoms with Crippen LogP contribution in [0.15, 0.2) is 29.3 Å². The van der Waals surface area contributed by atoms with Gasteiger partial charge in [0.2, 0.25) is 0 Å². The summed E-state index contributed by atoms with van der Waals surface area (Å²) in [5.74, 6) is 2.64. The van der Waals surface area contributed by atoms with Crippen molar-refractivity contribution >= 4 is 39.8 Å². The Kier molecular flexibility index (Phi) is 11.3. The van der Waals surface area contributed by atoms with E-state index in [4.69, 9.17) is 4.74 Å². The first kappa shape index (κ1) is 26.0. The molecule has 1 aromatic rings. The lowest BCUT2D eigenvalue weighted by molar-refractivity contribution is 0.271. The average Bonchev–Trinajstić information content (AvgIpc) is 2.67. The molecule has 0 saturated carbocycles. The van der Waals surface area contributed by atoms with Gasteiger partial charge >= 0.3 is 0 Å². The molecule has 0 amide bonds. The summed E-state index contributed by atoms with van der Waals surface area (Å²) in [6, 6.07) is 8.22. The summed E-state index contributed by atoms with van der Waals surface area (Å²) in [6.07, 6.45) is 0. The van der Waals surface area contributed by atoms with E-state index in [0.717, 1.165) is 23.8 Å². The summed E-state index contributed by atoms with van der Waals surface area (Å²) in [7, 11) is -1.08. The van der Waals surface area contributed by atoms with Crippen molar-refractivity contribution < 1.29 is 13.2 Å². The molecule has 0 aromatic heterocycles. The molecule has 1 fully saturated rings. The van der Waals surface area contributed by atoms with Gasteiger partial charge in [-0.15, -0.1) is 24.0 Å². The number of aliphatic imine (C=N–C) groups is 1. The number of hydrogen-bond donors (Lipinski definition) is 2. The van der Waals surface area contributed by atoms with Crippen LogP contribution in [0.25, 0.3) is 0 Å². The normalized spacial score (nSPS) is 18.0. The highest BCUT2D eigenvalue weighted by atomic mass is 127. The van der Waals surface area contributed by atoms with Crippen molar-refractivity contribution in [3.63, 3.8) is 0 Å². The first-order valence-electron chi connectivity index (χ1n) is 9.92. The molecule has 1 atom stereocenters. The minimum Gasteiger partial charge on any atom is -0.493 e. The van der Waals surface area contributed by atoms with Gasteiger partial charge in [-0.05, 0) is 30.5 Å². The van der Waals surface area contributed by atoms with E-state index >= 15 is 0 Å². The standard InChI is InChI=1S/C20H34N4O3S.HI/c1-16(2)15-27-19-7-5-18(6-8-19)17(3)23-20(21-4)22-9-10-24-11-13-28(25,26)14-12-24;/h5-8,16-17H,9-15H2,1-4H3,(H2,21,22,23);1H. The van der Waals surface area contributed by atoms with Gasteiger partial charge in [-0.2, -0.15) is 0 Å². The molecule has 0 radical (unpaired) electrons. The minimum atomic E-state index is -2.83. The molecule has 0 aliphatic carbocycles. The second kappa shape index (κ2) is 12.6. The summed E-state index contributed by atoms with van der Waals surface area (Å²) < 4.78 is 28.7. The van der Waals surface area contributed by atoms with Gasteiger partial charge in [0.1, 0.15) is 5.75 Å². The molecule has 0 spiro atoms. The lowest BCUT2D eigenvalue weighted by atomic mass is 10.1. The van der Waals surface area contributed by atoms with Crippen molar-refractivity contribution in [1.29, 1.82) is 0 Å². The number of nitrogens with zero attached hydrogens (tertiary/aromatic N) is 2. The van der Waals surface area contributed by atoms with Gasteiger partial charge in [0.05, 0.1) is 24.2 Å². The van der Waals surface area contributed by atoms with Gasteiger partial charge in [-0.1, -0.05) is 26.0 Å². The largest absolute Gasteiger partial charge is 0.493 e. The Morgan fingerprint density at radius 3 is 2.34 bits per heavy atom. The molecule has 1 aromatic carbocycles. The Morgan fingerprint density at radius 2 is 1.79 bits per heavy atom. The predicted molar refractivity (Wildman–Crippen MR) is 130 cm³/mol. The maximum Gasteiger partial charge on any atom is 0.191 e. The number of rotatable bonds is 8. The lowest BCUT2D eigenvalue weighted by Gasteiger charge is -2.27. The molecule has 1 heterocycles. The summed E-state index contributed by atoms with van der Waals surface area (Å²) in [5.41, 5.74) is 1.15. The fourth-order valence-corrected chi connectivity index (χ4v) is 4.18. The first-order chi connectivity index (χ1) is 13.3. The van der Waals surface area contributed by atoms with Crippen LogP contribution in [0.1, 0.15) is 32.4 Å². The van der Waals surface area contributed by atoms with Gasteiger partial charge < -0.3 is 15.4 Å². The van der Waals surface area contributed by atoms with Gasteiger partial charge in [0.25, 0.3) is 0 Å². The van der Waals surface area contributed by atoms with Crippen LogP contribution in [0.4, 0.5) is 0 Å². The quantitative estimate of drug-likeness (QED) is 0.301. The molecule has 1 unspecified atom stereocenters. The molecule has 1 aliphatic rings. The fraction of sp³-hybridized carbons (Fsp3) is 0.650. The van der Waals surface area contributed by atoms with Crippen molar-refractivity contribution in [1.82, 2.24) is 15.5 Å². The fourth-order valence-electron chi connectivity index (χ4n) is 2.90. The molecule has 166 valence electrons. The third-order valence-corrected chi connectivity index (χ3v) is 6.31. The van der Waals surface area contributed by atoms with E-state index < -0.39 is 9.84 Å². The Morgan fingerprint density at radius 1 is 1.17 bits per heavy atom. The number of halogens is 1. The highest BCUT2D eigenvalue weighted by Crippen LogP contribution is 2.18. The Hall–Kier alpha value is -1.07. The van der Waals surface area contributed by atoms with E-state index in [0.29, 0.717) is 32.2 Å². The zero-order chi connectivity index (χ0) is 20.6. The Bertz CT molecular complexity index is 725. The topological polar surface area (TPSA) is 83.0 Å². The van der Waals surface area contributed by atoms with Crippen LogP contribution in [0.3, 0.4) is 0 Å². The van der Waals surface area contributed by atoms with Crippen LogP contribution in [-0.4, -0.2) is 70.6 Å². The van der Waals surface area contributed by atoms with E-state index in [1.165, 1.54) is 0 Å². The highest BCUT2D eigenvalue weighted by molar-refractivity contribution is 14.0. The van der Waals surface area contributed by atoms with E-state index in [9.17, 15) is 8.42 Å². The molecule has 2 rings (SSSR count). The number of ether oxygens (including phenoxy) is 1. The third-order valence-electron chi connectivity index (χ3n) is 4.70. The predicted octanol–water partition coefficient (Wildman–Crippen LogP) is 2.30. The zero-order valence-electron chi connectivity index (χ0n) is 17.8. The Balaban J connectivity index is 0.00000420. The van der Waals surface area contributed by atoms with Crippen molar-refractivity contribution in [2.24, 2.45) is 10.9 Å². The minimum absolute atomic E-state index is 0. The summed E-state index contributed by atoms with van der Waals surface area (Å²) in [4.78, 5) is 6.45. The molecule has 9 heteroatoms. The SMILES string of the molecule is CN=C(NCCN1CCS(=O)(=O)CC1)NC(C)c1ccc(OCC(C)C)cc1.I. The lowest BCUT2D eigenvalue weighted by Crippen LogP contribution is -2.46. The van der Waals surface area contributed by atoms with E-state index in [-0.39, 0.29) is 41.5 Å². The van der Waals surface area contributed by atoms with E-state index in [1.807, 2.05) is 12.1 Å². The van der Waals surface area contributed by atoms with Crippen molar-refractivity contribution in [2.45, 2.75) is 26.8 Å². The molecule has 1 aliphatic heterocycles. The Labute approximate surface area is 192 Å². The summed E-state index contributed by atoms with van der Waals surface area (Å²) >= 11 is 0. The molecule has 7 nitrogen and oxygen atoms in total. The van der Waals surface area contributed by atoms with Crippen LogP contribution in [0.5, 0.6) is 5.75 Å². The van der Waals surface area contributed by atoms with Crippen molar-refractivity contribution in [2.75, 3.05) is 51.3 Å². The van der Waals surface area contributed by atoms with E-state index in [1.54, 1.807) is 7.05 Å². The maximum atomic E-state index is 11.5. The number of benzene rings is 1. The van der Waals surface area contributed by atoms with Gasteiger partial charge in [-0.25, -0.2) is 8.42 Å². The highest BCUT2D eigenvalue weighted by Gasteiger charge is 2.21. The monoisotopic (exact) mass is 538 g/mol. The van der Waals surface area contributed by atoms with Gasteiger partial charge in [-0.3, -0.25) is 9.89 Å². The number of nitrogens with one attached hydrogen (secondary N) is 2. The third kappa shape index (κ3) is 9.52. The summed E-state index contributed by atoms with van der Waals surface area (Å²) in [5, 5.41) is 6.69. The maximum absolute atomic E-state index is 11.5.